The van der Waals surface area contributed by atoms with Crippen molar-refractivity contribution in [2.75, 3.05) is 33.9 Å². The Hall–Kier alpha value is -1.46. The smallest absolute Gasteiger partial charge is 0.253 e. The zero-order valence-corrected chi connectivity index (χ0v) is 16.2. The van der Waals surface area contributed by atoms with Crippen molar-refractivity contribution >= 4 is 17.5 Å². The summed E-state index contributed by atoms with van der Waals surface area (Å²) in [5.41, 5.74) is 6.05. The van der Waals surface area contributed by atoms with Crippen molar-refractivity contribution in [3.05, 3.63) is 22.7 Å². The molecule has 136 valence electrons. The van der Waals surface area contributed by atoms with E-state index < -0.39 is 0 Å². The lowest BCUT2D eigenvalue weighted by Gasteiger charge is -2.29. The molecule has 0 saturated carbocycles. The van der Waals surface area contributed by atoms with Gasteiger partial charge in [-0.1, -0.05) is 39.3 Å². The minimum Gasteiger partial charge on any atom is -0.493 e. The normalized spacial score (nSPS) is 11.5. The van der Waals surface area contributed by atoms with E-state index in [4.69, 9.17) is 26.8 Å². The van der Waals surface area contributed by atoms with Crippen LogP contribution in [0.2, 0.25) is 5.02 Å². The van der Waals surface area contributed by atoms with E-state index in [1.165, 1.54) is 7.11 Å². The zero-order valence-electron chi connectivity index (χ0n) is 15.5. The van der Waals surface area contributed by atoms with E-state index >= 15 is 0 Å². The first-order chi connectivity index (χ1) is 11.1. The summed E-state index contributed by atoms with van der Waals surface area (Å²) in [5.74, 6) is 1.15. The minimum absolute atomic E-state index is 0.132. The summed E-state index contributed by atoms with van der Waals surface area (Å²) in [7, 11) is 3.28. The van der Waals surface area contributed by atoms with Crippen molar-refractivity contribution in [3.8, 4) is 11.5 Å². The summed E-state index contributed by atoms with van der Waals surface area (Å²) in [6.07, 6.45) is 0. The van der Waals surface area contributed by atoms with Gasteiger partial charge in [-0.3, -0.25) is 4.79 Å². The first-order valence-electron chi connectivity index (χ1n) is 8.07. The highest BCUT2D eigenvalue weighted by Crippen LogP contribution is 2.37. The highest BCUT2D eigenvalue weighted by molar-refractivity contribution is 6.32. The molecule has 0 radical (unpaired) electrons. The molecule has 0 aliphatic rings. The van der Waals surface area contributed by atoms with Gasteiger partial charge in [0, 0.05) is 19.2 Å². The lowest BCUT2D eigenvalue weighted by Crippen LogP contribution is -2.39. The Bertz CT molecular complexity index is 574. The van der Waals surface area contributed by atoms with Crippen LogP contribution in [0.1, 0.15) is 38.1 Å². The molecule has 1 aromatic rings. The Morgan fingerprint density at radius 2 is 2.00 bits per heavy atom. The van der Waals surface area contributed by atoms with Crippen molar-refractivity contribution in [1.82, 2.24) is 4.90 Å². The van der Waals surface area contributed by atoms with E-state index in [2.05, 4.69) is 0 Å². The van der Waals surface area contributed by atoms with Crippen molar-refractivity contribution in [2.45, 2.75) is 27.7 Å². The van der Waals surface area contributed by atoms with Crippen LogP contribution in [0, 0.1) is 11.3 Å². The van der Waals surface area contributed by atoms with Crippen molar-refractivity contribution in [3.63, 3.8) is 0 Å². The number of amides is 1. The number of nitrogens with zero attached hydrogens (tertiary/aromatic N) is 1. The van der Waals surface area contributed by atoms with Crippen LogP contribution in [0.4, 0.5) is 0 Å². The number of carbonyl (C=O) groups is 1. The lowest BCUT2D eigenvalue weighted by molar-refractivity contribution is 0.0740. The third-order valence-electron chi connectivity index (χ3n) is 3.60. The standard InChI is InChI=1S/C18H29ClN2O3/c1-12(2)9-24-16-14(19)7-13(8-15(16)23-6)17(22)21(5)11-18(3,4)10-20/h7-8,12H,9-11,20H2,1-6H3. The third-order valence-corrected chi connectivity index (χ3v) is 3.88. The van der Waals surface area contributed by atoms with Gasteiger partial charge < -0.3 is 20.1 Å². The second kappa shape index (κ2) is 8.58. The molecular weight excluding hydrogens is 328 g/mol. The highest BCUT2D eigenvalue weighted by atomic mass is 35.5. The Balaban J connectivity index is 3.04. The SMILES string of the molecule is COc1cc(C(=O)N(C)CC(C)(C)CN)cc(Cl)c1OCC(C)C. The van der Waals surface area contributed by atoms with E-state index in [0.717, 1.165) is 0 Å². The number of hydrogen-bond donors (Lipinski definition) is 1. The van der Waals surface area contributed by atoms with Crippen molar-refractivity contribution in [1.29, 1.82) is 0 Å². The Morgan fingerprint density at radius 3 is 2.50 bits per heavy atom. The molecule has 24 heavy (non-hydrogen) atoms. The van der Waals surface area contributed by atoms with Crippen molar-refractivity contribution in [2.24, 2.45) is 17.1 Å². The lowest BCUT2D eigenvalue weighted by atomic mass is 9.93. The molecule has 0 aliphatic carbocycles. The van der Waals surface area contributed by atoms with Crippen LogP contribution in [0.3, 0.4) is 0 Å². The fraction of sp³-hybridized carbons (Fsp3) is 0.611. The summed E-state index contributed by atoms with van der Waals surface area (Å²) >= 11 is 6.31. The van der Waals surface area contributed by atoms with E-state index in [1.807, 2.05) is 27.7 Å². The zero-order chi connectivity index (χ0) is 18.5. The number of benzene rings is 1. The number of rotatable bonds is 8. The summed E-state index contributed by atoms with van der Waals surface area (Å²) in [6.45, 7) is 9.71. The quantitative estimate of drug-likeness (QED) is 0.774. The fourth-order valence-electron chi connectivity index (χ4n) is 2.23. The number of methoxy groups -OCH3 is 1. The number of ether oxygens (including phenoxy) is 2. The first kappa shape index (κ1) is 20.6. The maximum atomic E-state index is 12.7. The Kier molecular flexibility index (Phi) is 7.36. The van der Waals surface area contributed by atoms with Gasteiger partial charge in [0.15, 0.2) is 11.5 Å². The van der Waals surface area contributed by atoms with E-state index in [1.54, 1.807) is 24.1 Å². The molecule has 0 fully saturated rings. The van der Waals surface area contributed by atoms with Crippen LogP contribution in [0.25, 0.3) is 0 Å². The average Bonchev–Trinajstić information content (AvgIpc) is 2.51. The average molecular weight is 357 g/mol. The summed E-state index contributed by atoms with van der Waals surface area (Å²) in [6, 6.07) is 3.28. The van der Waals surface area contributed by atoms with Gasteiger partial charge >= 0.3 is 0 Å². The molecular formula is C18H29ClN2O3. The second-order valence-corrected chi connectivity index (χ2v) is 7.63. The number of nitrogens with two attached hydrogens (primary N) is 1. The first-order valence-corrected chi connectivity index (χ1v) is 8.45. The van der Waals surface area contributed by atoms with Crippen LogP contribution in [0.15, 0.2) is 12.1 Å². The Morgan fingerprint density at radius 1 is 1.38 bits per heavy atom. The molecule has 0 bridgehead atoms. The molecule has 0 heterocycles. The van der Waals surface area contributed by atoms with Crippen LogP contribution >= 0.6 is 11.6 Å². The molecule has 0 spiro atoms. The van der Waals surface area contributed by atoms with E-state index in [0.29, 0.717) is 47.7 Å². The monoisotopic (exact) mass is 356 g/mol. The predicted molar refractivity (Wildman–Crippen MR) is 98.1 cm³/mol. The van der Waals surface area contributed by atoms with Gasteiger partial charge in [0.2, 0.25) is 0 Å². The van der Waals surface area contributed by atoms with Gasteiger partial charge in [-0.05, 0) is 30.0 Å². The summed E-state index contributed by atoms with van der Waals surface area (Å²) in [5, 5.41) is 0.366. The van der Waals surface area contributed by atoms with Gasteiger partial charge in [0.25, 0.3) is 5.91 Å². The summed E-state index contributed by atoms with van der Waals surface area (Å²) < 4.78 is 11.1. The third kappa shape index (κ3) is 5.56. The van der Waals surface area contributed by atoms with Gasteiger partial charge in [0.05, 0.1) is 18.7 Å². The van der Waals surface area contributed by atoms with Crippen LogP contribution in [0.5, 0.6) is 11.5 Å². The van der Waals surface area contributed by atoms with E-state index in [-0.39, 0.29) is 11.3 Å². The van der Waals surface area contributed by atoms with Crippen LogP contribution < -0.4 is 15.2 Å². The molecule has 1 aromatic carbocycles. The van der Waals surface area contributed by atoms with Gasteiger partial charge in [0.1, 0.15) is 0 Å². The molecule has 0 aromatic heterocycles. The van der Waals surface area contributed by atoms with Gasteiger partial charge in [-0.15, -0.1) is 0 Å². The number of carbonyl (C=O) groups excluding carboxylic acids is 1. The maximum Gasteiger partial charge on any atom is 0.253 e. The minimum atomic E-state index is -0.154. The summed E-state index contributed by atoms with van der Waals surface area (Å²) in [4.78, 5) is 14.3. The van der Waals surface area contributed by atoms with Gasteiger partial charge in [-0.25, -0.2) is 0 Å². The molecule has 1 rings (SSSR count). The highest BCUT2D eigenvalue weighted by Gasteiger charge is 2.24. The fourth-order valence-corrected chi connectivity index (χ4v) is 2.50. The maximum absolute atomic E-state index is 12.7. The van der Waals surface area contributed by atoms with Crippen molar-refractivity contribution < 1.29 is 14.3 Å². The molecule has 0 unspecified atom stereocenters. The molecule has 5 nitrogen and oxygen atoms in total. The number of halogens is 1. The second-order valence-electron chi connectivity index (χ2n) is 7.22. The molecule has 1 amide bonds. The van der Waals surface area contributed by atoms with Crippen LogP contribution in [-0.4, -0.2) is 44.7 Å². The Labute approximate surface area is 150 Å². The number of hydrogen-bond acceptors (Lipinski definition) is 4. The van der Waals surface area contributed by atoms with Crippen LogP contribution in [-0.2, 0) is 0 Å². The van der Waals surface area contributed by atoms with Gasteiger partial charge in [-0.2, -0.15) is 0 Å². The topological polar surface area (TPSA) is 64.8 Å². The molecule has 6 heteroatoms. The van der Waals surface area contributed by atoms with E-state index in [9.17, 15) is 4.79 Å². The molecule has 0 aliphatic heterocycles. The molecule has 2 N–H and O–H groups in total. The predicted octanol–water partition coefficient (Wildman–Crippen LogP) is 3.44. The molecule has 0 atom stereocenters. The largest absolute Gasteiger partial charge is 0.493 e. The molecule has 0 saturated heterocycles.